The number of hydrogen-bond acceptors (Lipinski definition) is 2. The Balaban J connectivity index is 1.86. The van der Waals surface area contributed by atoms with Gasteiger partial charge >= 0.3 is 0 Å². The maximum atomic E-state index is 11.6. The molecule has 0 saturated carbocycles. The van der Waals surface area contributed by atoms with Crippen LogP contribution in [0.1, 0.15) is 24.8 Å². The first-order chi connectivity index (χ1) is 8.29. The summed E-state index contributed by atoms with van der Waals surface area (Å²) in [5, 5.41) is 2.93. The minimum absolute atomic E-state index is 0.200. The van der Waals surface area contributed by atoms with Gasteiger partial charge in [-0.05, 0) is 43.4 Å². The Morgan fingerprint density at radius 3 is 2.76 bits per heavy atom. The molecule has 1 fully saturated rings. The summed E-state index contributed by atoms with van der Waals surface area (Å²) in [7, 11) is 1.67. The Morgan fingerprint density at radius 2 is 2.12 bits per heavy atom. The molecular weight excluding hydrogens is 214 g/mol. The topological polar surface area (TPSA) is 38.3 Å². The molecule has 1 aliphatic rings. The van der Waals surface area contributed by atoms with Crippen molar-refractivity contribution in [3.8, 4) is 5.75 Å². The van der Waals surface area contributed by atoms with E-state index in [0.29, 0.717) is 0 Å². The fraction of sp³-hybridized carbons (Fsp3) is 0.500. The van der Waals surface area contributed by atoms with Gasteiger partial charge in [0.15, 0.2) is 0 Å². The maximum Gasteiger partial charge on any atom is 0.223 e. The van der Waals surface area contributed by atoms with Crippen LogP contribution >= 0.6 is 0 Å². The van der Waals surface area contributed by atoms with Gasteiger partial charge in [-0.2, -0.15) is 0 Å². The minimum Gasteiger partial charge on any atom is -0.497 e. The van der Waals surface area contributed by atoms with Crippen molar-refractivity contribution in [2.45, 2.75) is 25.7 Å². The van der Waals surface area contributed by atoms with Crippen LogP contribution in [-0.4, -0.2) is 19.6 Å². The Kier molecular flexibility index (Phi) is 4.02. The number of ether oxygens (including phenoxy) is 1. The Labute approximate surface area is 102 Å². The largest absolute Gasteiger partial charge is 0.497 e. The zero-order valence-electron chi connectivity index (χ0n) is 10.2. The van der Waals surface area contributed by atoms with E-state index in [-0.39, 0.29) is 11.8 Å². The highest BCUT2D eigenvalue weighted by atomic mass is 16.5. The van der Waals surface area contributed by atoms with Crippen molar-refractivity contribution in [3.05, 3.63) is 29.8 Å². The zero-order valence-corrected chi connectivity index (χ0v) is 10.2. The number of hydrogen-bond donors (Lipinski definition) is 1. The molecule has 0 aliphatic carbocycles. The van der Waals surface area contributed by atoms with Crippen molar-refractivity contribution >= 4 is 5.91 Å². The third kappa shape index (κ3) is 3.22. The number of nitrogens with one attached hydrogen (secondary N) is 1. The molecule has 1 aromatic rings. The second kappa shape index (κ2) is 5.71. The molecule has 0 spiro atoms. The summed E-state index contributed by atoms with van der Waals surface area (Å²) >= 11 is 0. The SMILES string of the molecule is COc1ccc(CCC2CCCNC2=O)cc1. The van der Waals surface area contributed by atoms with E-state index in [0.717, 1.165) is 38.0 Å². The summed E-state index contributed by atoms with van der Waals surface area (Å²) in [6.45, 7) is 0.845. The summed E-state index contributed by atoms with van der Waals surface area (Å²) < 4.78 is 5.12. The van der Waals surface area contributed by atoms with Crippen LogP contribution in [0, 0.1) is 5.92 Å². The van der Waals surface area contributed by atoms with Gasteiger partial charge in [0, 0.05) is 12.5 Å². The summed E-state index contributed by atoms with van der Waals surface area (Å²) in [5.74, 6) is 1.31. The van der Waals surface area contributed by atoms with Gasteiger partial charge in [-0.3, -0.25) is 4.79 Å². The average Bonchev–Trinajstić information content (AvgIpc) is 2.38. The van der Waals surface area contributed by atoms with Crippen LogP contribution in [0.25, 0.3) is 0 Å². The predicted molar refractivity (Wildman–Crippen MR) is 67.0 cm³/mol. The first-order valence-electron chi connectivity index (χ1n) is 6.20. The van der Waals surface area contributed by atoms with Gasteiger partial charge in [-0.25, -0.2) is 0 Å². The molecule has 1 atom stereocenters. The van der Waals surface area contributed by atoms with Crippen LogP contribution in [0.3, 0.4) is 0 Å². The smallest absolute Gasteiger partial charge is 0.223 e. The molecule has 3 heteroatoms. The fourth-order valence-electron chi connectivity index (χ4n) is 2.24. The van der Waals surface area contributed by atoms with Gasteiger partial charge in [0.1, 0.15) is 5.75 Å². The zero-order chi connectivity index (χ0) is 12.1. The van der Waals surface area contributed by atoms with Gasteiger partial charge in [0.2, 0.25) is 5.91 Å². The number of aryl methyl sites for hydroxylation is 1. The third-order valence-corrected chi connectivity index (χ3v) is 3.34. The monoisotopic (exact) mass is 233 g/mol. The van der Waals surface area contributed by atoms with Crippen molar-refractivity contribution in [2.24, 2.45) is 5.92 Å². The summed E-state index contributed by atoms with van der Waals surface area (Å²) in [6.07, 6.45) is 4.04. The van der Waals surface area contributed by atoms with Crippen molar-refractivity contribution in [1.82, 2.24) is 5.32 Å². The van der Waals surface area contributed by atoms with Crippen LogP contribution in [0.4, 0.5) is 0 Å². The van der Waals surface area contributed by atoms with Crippen LogP contribution in [0.15, 0.2) is 24.3 Å². The Morgan fingerprint density at radius 1 is 1.35 bits per heavy atom. The molecule has 0 bridgehead atoms. The lowest BCUT2D eigenvalue weighted by Crippen LogP contribution is -2.36. The molecule has 1 saturated heterocycles. The van der Waals surface area contributed by atoms with Crippen LogP contribution < -0.4 is 10.1 Å². The molecular formula is C14H19NO2. The lowest BCUT2D eigenvalue weighted by molar-refractivity contribution is -0.126. The summed E-state index contributed by atoms with van der Waals surface area (Å²) in [6, 6.07) is 8.08. The minimum atomic E-state index is 0.200. The van der Waals surface area contributed by atoms with E-state index < -0.39 is 0 Å². The number of carbonyl (C=O) groups excluding carboxylic acids is 1. The molecule has 0 radical (unpaired) electrons. The number of piperidine rings is 1. The Bertz CT molecular complexity index is 372. The molecule has 2 rings (SSSR count). The van der Waals surface area contributed by atoms with Crippen LogP contribution in [-0.2, 0) is 11.2 Å². The van der Waals surface area contributed by atoms with Crippen molar-refractivity contribution in [2.75, 3.05) is 13.7 Å². The summed E-state index contributed by atoms with van der Waals surface area (Å²) in [5.41, 5.74) is 1.27. The lowest BCUT2D eigenvalue weighted by Gasteiger charge is -2.21. The maximum absolute atomic E-state index is 11.6. The van der Waals surface area contributed by atoms with Crippen molar-refractivity contribution in [1.29, 1.82) is 0 Å². The normalized spacial score (nSPS) is 19.8. The first-order valence-corrected chi connectivity index (χ1v) is 6.20. The molecule has 3 nitrogen and oxygen atoms in total. The highest BCUT2D eigenvalue weighted by molar-refractivity contribution is 5.79. The van der Waals surface area contributed by atoms with Gasteiger partial charge in [0.25, 0.3) is 0 Å². The fourth-order valence-corrected chi connectivity index (χ4v) is 2.24. The molecule has 1 N–H and O–H groups in total. The molecule has 92 valence electrons. The second-order valence-corrected chi connectivity index (χ2v) is 4.52. The molecule has 0 aromatic heterocycles. The van der Waals surface area contributed by atoms with E-state index in [1.807, 2.05) is 12.1 Å². The van der Waals surface area contributed by atoms with Crippen LogP contribution in [0.2, 0.25) is 0 Å². The third-order valence-electron chi connectivity index (χ3n) is 3.34. The average molecular weight is 233 g/mol. The standard InChI is InChI=1S/C14H19NO2/c1-17-13-8-5-11(6-9-13)4-7-12-3-2-10-15-14(12)16/h5-6,8-9,12H,2-4,7,10H2,1H3,(H,15,16). The highest BCUT2D eigenvalue weighted by Crippen LogP contribution is 2.19. The molecule has 1 heterocycles. The van der Waals surface area contributed by atoms with E-state index in [9.17, 15) is 4.79 Å². The van der Waals surface area contributed by atoms with Gasteiger partial charge in [-0.1, -0.05) is 12.1 Å². The predicted octanol–water partition coefficient (Wildman–Crippen LogP) is 2.15. The molecule has 1 aromatic carbocycles. The van der Waals surface area contributed by atoms with E-state index in [1.54, 1.807) is 7.11 Å². The van der Waals surface area contributed by atoms with Gasteiger partial charge in [-0.15, -0.1) is 0 Å². The van der Waals surface area contributed by atoms with Crippen molar-refractivity contribution < 1.29 is 9.53 Å². The molecule has 1 unspecified atom stereocenters. The quantitative estimate of drug-likeness (QED) is 0.865. The van der Waals surface area contributed by atoms with Crippen molar-refractivity contribution in [3.63, 3.8) is 0 Å². The van der Waals surface area contributed by atoms with E-state index >= 15 is 0 Å². The number of amides is 1. The first kappa shape index (κ1) is 12.0. The number of benzene rings is 1. The Hall–Kier alpha value is -1.51. The van der Waals surface area contributed by atoms with Crippen LogP contribution in [0.5, 0.6) is 5.75 Å². The van der Waals surface area contributed by atoms with E-state index in [4.69, 9.17) is 4.74 Å². The molecule has 1 amide bonds. The van der Waals surface area contributed by atoms with Gasteiger partial charge < -0.3 is 10.1 Å². The number of carbonyl (C=O) groups is 1. The lowest BCUT2D eigenvalue weighted by atomic mass is 9.92. The number of methoxy groups -OCH3 is 1. The number of rotatable bonds is 4. The highest BCUT2D eigenvalue weighted by Gasteiger charge is 2.21. The summed E-state index contributed by atoms with van der Waals surface area (Å²) in [4.78, 5) is 11.6. The molecule has 17 heavy (non-hydrogen) atoms. The second-order valence-electron chi connectivity index (χ2n) is 4.52. The van der Waals surface area contributed by atoms with E-state index in [1.165, 1.54) is 5.56 Å². The van der Waals surface area contributed by atoms with E-state index in [2.05, 4.69) is 17.4 Å². The molecule has 1 aliphatic heterocycles. The van der Waals surface area contributed by atoms with Gasteiger partial charge in [0.05, 0.1) is 7.11 Å².